The maximum absolute atomic E-state index is 5.88. The fourth-order valence-corrected chi connectivity index (χ4v) is 3.72. The molecule has 0 spiro atoms. The Hall–Kier alpha value is -0.830. The van der Waals surface area contributed by atoms with Gasteiger partial charge in [0, 0.05) is 12.1 Å². The van der Waals surface area contributed by atoms with Gasteiger partial charge in [-0.25, -0.2) is 9.97 Å². The zero-order valence-corrected chi connectivity index (χ0v) is 12.4. The summed E-state index contributed by atoms with van der Waals surface area (Å²) in [6.07, 6.45) is 5.10. The van der Waals surface area contributed by atoms with E-state index in [1.165, 1.54) is 12.7 Å². The predicted molar refractivity (Wildman–Crippen MR) is 75.9 cm³/mol. The standard InChI is InChI=1S/C14H22ClN3/c1-13(2)6-10(7-14(3,4)8-13)18-12-5-11(15)16-9-17-12/h5,9-10H,6-8H2,1-4H3,(H,16,17,18). The van der Waals surface area contributed by atoms with Crippen LogP contribution in [0.4, 0.5) is 5.82 Å². The van der Waals surface area contributed by atoms with Gasteiger partial charge < -0.3 is 5.32 Å². The zero-order valence-electron chi connectivity index (χ0n) is 11.6. The van der Waals surface area contributed by atoms with Gasteiger partial charge in [0.2, 0.25) is 0 Å². The van der Waals surface area contributed by atoms with Crippen LogP contribution in [0.1, 0.15) is 47.0 Å². The maximum atomic E-state index is 5.88. The monoisotopic (exact) mass is 267 g/mol. The van der Waals surface area contributed by atoms with Crippen LogP contribution in [0.2, 0.25) is 5.15 Å². The lowest BCUT2D eigenvalue weighted by Gasteiger charge is -2.45. The topological polar surface area (TPSA) is 37.8 Å². The second-order valence-corrected chi connectivity index (χ2v) is 7.37. The molecule has 0 radical (unpaired) electrons. The average Bonchev–Trinajstić information content (AvgIpc) is 2.11. The van der Waals surface area contributed by atoms with E-state index in [0.29, 0.717) is 22.0 Å². The lowest BCUT2D eigenvalue weighted by Crippen LogP contribution is -2.40. The molecular formula is C14H22ClN3. The molecule has 1 aromatic heterocycles. The molecule has 1 heterocycles. The van der Waals surface area contributed by atoms with Crippen LogP contribution >= 0.6 is 11.6 Å². The number of hydrogen-bond donors (Lipinski definition) is 1. The van der Waals surface area contributed by atoms with Crippen molar-refractivity contribution in [2.24, 2.45) is 10.8 Å². The molecule has 3 nitrogen and oxygen atoms in total. The predicted octanol–water partition coefficient (Wildman–Crippen LogP) is 4.15. The van der Waals surface area contributed by atoms with Crippen LogP contribution in [0.3, 0.4) is 0 Å². The van der Waals surface area contributed by atoms with Gasteiger partial charge in [-0.05, 0) is 30.1 Å². The summed E-state index contributed by atoms with van der Waals surface area (Å²) in [4.78, 5) is 8.13. The molecule has 1 aromatic rings. The number of hydrogen-bond acceptors (Lipinski definition) is 3. The molecule has 1 fully saturated rings. The zero-order chi connectivity index (χ0) is 13.4. The molecule has 1 N–H and O–H groups in total. The molecule has 0 bridgehead atoms. The molecule has 0 amide bonds. The highest BCUT2D eigenvalue weighted by molar-refractivity contribution is 6.29. The summed E-state index contributed by atoms with van der Waals surface area (Å²) in [6.45, 7) is 9.37. The van der Waals surface area contributed by atoms with Crippen LogP contribution in [-0.4, -0.2) is 16.0 Å². The summed E-state index contributed by atoms with van der Waals surface area (Å²) >= 11 is 5.88. The van der Waals surface area contributed by atoms with Crippen molar-refractivity contribution in [3.63, 3.8) is 0 Å². The van der Waals surface area contributed by atoms with Crippen LogP contribution < -0.4 is 5.32 Å². The Morgan fingerprint density at radius 3 is 2.33 bits per heavy atom. The van der Waals surface area contributed by atoms with E-state index in [-0.39, 0.29) is 0 Å². The number of nitrogens with zero attached hydrogens (tertiary/aromatic N) is 2. The quantitative estimate of drug-likeness (QED) is 0.818. The van der Waals surface area contributed by atoms with E-state index in [2.05, 4.69) is 43.0 Å². The maximum Gasteiger partial charge on any atom is 0.134 e. The summed E-state index contributed by atoms with van der Waals surface area (Å²) in [5.74, 6) is 0.827. The highest BCUT2D eigenvalue weighted by Crippen LogP contribution is 2.46. The van der Waals surface area contributed by atoms with Crippen molar-refractivity contribution in [3.8, 4) is 0 Å². The van der Waals surface area contributed by atoms with Crippen molar-refractivity contribution in [2.45, 2.75) is 53.0 Å². The van der Waals surface area contributed by atoms with Crippen LogP contribution in [0.5, 0.6) is 0 Å². The molecule has 1 aliphatic rings. The van der Waals surface area contributed by atoms with Crippen molar-refractivity contribution in [1.29, 1.82) is 0 Å². The van der Waals surface area contributed by atoms with Gasteiger partial charge in [0.25, 0.3) is 0 Å². The van der Waals surface area contributed by atoms with E-state index in [1.807, 2.05) is 0 Å². The third kappa shape index (κ3) is 3.58. The fourth-order valence-electron chi connectivity index (χ4n) is 3.57. The first-order valence-corrected chi connectivity index (χ1v) is 6.88. The van der Waals surface area contributed by atoms with Crippen LogP contribution in [-0.2, 0) is 0 Å². The highest BCUT2D eigenvalue weighted by atomic mass is 35.5. The SMILES string of the molecule is CC1(C)CC(Nc2cc(Cl)ncn2)CC(C)(C)C1. The Bertz CT molecular complexity index is 413. The molecular weight excluding hydrogens is 246 g/mol. The van der Waals surface area contributed by atoms with Crippen molar-refractivity contribution in [2.75, 3.05) is 5.32 Å². The van der Waals surface area contributed by atoms with Crippen LogP contribution in [0.25, 0.3) is 0 Å². The van der Waals surface area contributed by atoms with Crippen molar-refractivity contribution in [3.05, 3.63) is 17.5 Å². The summed E-state index contributed by atoms with van der Waals surface area (Å²) in [6, 6.07) is 2.24. The Kier molecular flexibility index (Phi) is 3.54. The number of halogens is 1. The average molecular weight is 268 g/mol. The third-order valence-corrected chi connectivity index (χ3v) is 3.75. The largest absolute Gasteiger partial charge is 0.367 e. The minimum atomic E-state index is 0.371. The van der Waals surface area contributed by atoms with Crippen molar-refractivity contribution < 1.29 is 0 Å². The van der Waals surface area contributed by atoms with Gasteiger partial charge in [0.1, 0.15) is 17.3 Å². The Labute approximate surface area is 114 Å². The van der Waals surface area contributed by atoms with Crippen LogP contribution in [0, 0.1) is 10.8 Å². The Balaban J connectivity index is 2.09. The minimum Gasteiger partial charge on any atom is -0.367 e. The van der Waals surface area contributed by atoms with Crippen molar-refractivity contribution >= 4 is 17.4 Å². The van der Waals surface area contributed by atoms with Crippen molar-refractivity contribution in [1.82, 2.24) is 9.97 Å². The van der Waals surface area contributed by atoms with Gasteiger partial charge in [-0.2, -0.15) is 0 Å². The first kappa shape index (κ1) is 13.6. The second kappa shape index (κ2) is 4.69. The smallest absolute Gasteiger partial charge is 0.134 e. The fraction of sp³-hybridized carbons (Fsp3) is 0.714. The molecule has 2 rings (SSSR count). The van der Waals surface area contributed by atoms with Gasteiger partial charge in [0.05, 0.1) is 0 Å². The molecule has 100 valence electrons. The summed E-state index contributed by atoms with van der Waals surface area (Å²) in [7, 11) is 0. The third-order valence-electron chi connectivity index (χ3n) is 3.54. The molecule has 0 aromatic carbocycles. The lowest BCUT2D eigenvalue weighted by atomic mass is 9.63. The summed E-state index contributed by atoms with van der Waals surface area (Å²) in [5, 5.41) is 3.99. The molecule has 0 atom stereocenters. The number of nitrogens with one attached hydrogen (secondary N) is 1. The molecule has 4 heteroatoms. The van der Waals surface area contributed by atoms with Gasteiger partial charge in [-0.15, -0.1) is 0 Å². The first-order chi connectivity index (χ1) is 8.26. The van der Waals surface area contributed by atoms with Gasteiger partial charge >= 0.3 is 0 Å². The molecule has 18 heavy (non-hydrogen) atoms. The molecule has 0 saturated heterocycles. The van der Waals surface area contributed by atoms with E-state index in [0.717, 1.165) is 18.7 Å². The number of anilines is 1. The van der Waals surface area contributed by atoms with E-state index < -0.39 is 0 Å². The van der Waals surface area contributed by atoms with Gasteiger partial charge in [0.15, 0.2) is 0 Å². The normalized spacial score (nSPS) is 22.7. The second-order valence-electron chi connectivity index (χ2n) is 6.98. The molecule has 1 aliphatic carbocycles. The number of aromatic nitrogens is 2. The van der Waals surface area contributed by atoms with E-state index in [4.69, 9.17) is 11.6 Å². The minimum absolute atomic E-state index is 0.371. The molecule has 0 aliphatic heterocycles. The number of rotatable bonds is 2. The van der Waals surface area contributed by atoms with Gasteiger partial charge in [-0.1, -0.05) is 39.3 Å². The summed E-state index contributed by atoms with van der Waals surface area (Å²) in [5.41, 5.74) is 0.743. The Morgan fingerprint density at radius 1 is 1.17 bits per heavy atom. The van der Waals surface area contributed by atoms with E-state index in [1.54, 1.807) is 6.07 Å². The Morgan fingerprint density at radius 2 is 1.78 bits per heavy atom. The summed E-state index contributed by atoms with van der Waals surface area (Å²) < 4.78 is 0. The van der Waals surface area contributed by atoms with Crippen LogP contribution in [0.15, 0.2) is 12.4 Å². The highest BCUT2D eigenvalue weighted by Gasteiger charge is 2.38. The molecule has 1 saturated carbocycles. The molecule has 0 unspecified atom stereocenters. The van der Waals surface area contributed by atoms with E-state index in [9.17, 15) is 0 Å². The van der Waals surface area contributed by atoms with E-state index >= 15 is 0 Å². The first-order valence-electron chi connectivity index (χ1n) is 6.50. The lowest BCUT2D eigenvalue weighted by molar-refractivity contribution is 0.105. The van der Waals surface area contributed by atoms with Gasteiger partial charge in [-0.3, -0.25) is 0 Å².